The van der Waals surface area contributed by atoms with Crippen LogP contribution in [0.1, 0.15) is 48.0 Å². The molecule has 7 nitrogen and oxygen atoms in total. The van der Waals surface area contributed by atoms with Crippen molar-refractivity contribution in [3.63, 3.8) is 0 Å². The summed E-state index contributed by atoms with van der Waals surface area (Å²) in [7, 11) is -3.72. The normalized spacial score (nSPS) is 16.4. The number of sulfone groups is 1. The van der Waals surface area contributed by atoms with E-state index in [-0.39, 0.29) is 60.5 Å². The number of anilines is 1. The van der Waals surface area contributed by atoms with Gasteiger partial charge in [-0.1, -0.05) is 29.5 Å². The van der Waals surface area contributed by atoms with Crippen LogP contribution in [0.15, 0.2) is 47.4 Å². The van der Waals surface area contributed by atoms with Gasteiger partial charge < -0.3 is 15.7 Å². The number of carbonyl (C=O) groups is 1. The molecule has 1 saturated heterocycles. The Balaban J connectivity index is 1.37. The fourth-order valence-corrected chi connectivity index (χ4v) is 6.76. The topological polar surface area (TPSA) is 114 Å². The van der Waals surface area contributed by atoms with E-state index in [9.17, 15) is 31.5 Å². The lowest BCUT2D eigenvalue weighted by molar-refractivity contribution is -0.138. The molecule has 3 N–H and O–H groups in total. The molecule has 0 aliphatic carbocycles. The molecule has 3 aromatic rings. The van der Waals surface area contributed by atoms with Crippen molar-refractivity contribution in [2.24, 2.45) is 0 Å². The van der Waals surface area contributed by atoms with Crippen LogP contribution in [-0.2, 0) is 15.6 Å². The Morgan fingerprint density at radius 3 is 2.44 bits per heavy atom. The number of thiazole rings is 1. The third-order valence-corrected chi connectivity index (χ3v) is 8.94. The second-order valence-corrected chi connectivity index (χ2v) is 12.1. The van der Waals surface area contributed by atoms with Crippen molar-refractivity contribution in [3.8, 4) is 0 Å². The monoisotopic (exact) mass is 541 g/mol. The zero-order chi connectivity index (χ0) is 26.1. The number of fused-ring (bicyclic) bond motifs is 1. The van der Waals surface area contributed by atoms with E-state index in [2.05, 4.69) is 4.98 Å². The summed E-state index contributed by atoms with van der Waals surface area (Å²) in [5, 5.41) is 10.9. The number of halogens is 3. The summed E-state index contributed by atoms with van der Waals surface area (Å²) >= 11 is 1.21. The third kappa shape index (κ3) is 6.16. The average Bonchev–Trinajstić information content (AvgIpc) is 3.18. The highest BCUT2D eigenvalue weighted by Crippen LogP contribution is 2.32. The minimum Gasteiger partial charge on any atom is -0.390 e. The SMILES string of the molecule is Nc1nc2c(S(=O)(=O)Cc3ccc(C(=O)N4CCC(O)(CCCC(F)(F)F)CC4)cc3)cccc2s1. The van der Waals surface area contributed by atoms with Crippen molar-refractivity contribution in [3.05, 3.63) is 53.6 Å². The van der Waals surface area contributed by atoms with Gasteiger partial charge in [0.05, 0.1) is 20.9 Å². The maximum Gasteiger partial charge on any atom is 0.389 e. The van der Waals surface area contributed by atoms with E-state index in [0.717, 1.165) is 0 Å². The summed E-state index contributed by atoms with van der Waals surface area (Å²) in [5.74, 6) is -0.545. The molecule has 2 aromatic carbocycles. The molecule has 2 heterocycles. The molecule has 0 radical (unpaired) electrons. The first-order chi connectivity index (χ1) is 16.9. The van der Waals surface area contributed by atoms with Crippen LogP contribution in [0, 0.1) is 0 Å². The highest BCUT2D eigenvalue weighted by Gasteiger charge is 2.35. The lowest BCUT2D eigenvalue weighted by Gasteiger charge is -2.38. The number of nitrogens with zero attached hydrogens (tertiary/aromatic N) is 2. The van der Waals surface area contributed by atoms with Crippen LogP contribution in [0.2, 0.25) is 0 Å². The number of nitrogen functional groups attached to an aromatic ring is 1. The predicted molar refractivity (Wildman–Crippen MR) is 131 cm³/mol. The summed E-state index contributed by atoms with van der Waals surface area (Å²) in [6, 6.07) is 11.2. The largest absolute Gasteiger partial charge is 0.390 e. The van der Waals surface area contributed by atoms with E-state index < -0.39 is 28.0 Å². The molecule has 1 fully saturated rings. The van der Waals surface area contributed by atoms with Crippen LogP contribution in [0.5, 0.6) is 0 Å². The smallest absolute Gasteiger partial charge is 0.389 e. The molecule has 1 aliphatic heterocycles. The Kier molecular flexibility index (Phi) is 7.31. The maximum atomic E-state index is 13.0. The summed E-state index contributed by atoms with van der Waals surface area (Å²) in [6.07, 6.45) is -4.88. The van der Waals surface area contributed by atoms with Gasteiger partial charge in [0.2, 0.25) is 0 Å². The lowest BCUT2D eigenvalue weighted by Crippen LogP contribution is -2.46. The molecule has 0 bridgehead atoms. The summed E-state index contributed by atoms with van der Waals surface area (Å²) in [5.41, 5.74) is 5.75. The average molecular weight is 542 g/mol. The van der Waals surface area contributed by atoms with Gasteiger partial charge in [0.25, 0.3) is 5.91 Å². The highest BCUT2D eigenvalue weighted by atomic mass is 32.2. The second-order valence-electron chi connectivity index (χ2n) is 9.10. The minimum atomic E-state index is -4.25. The van der Waals surface area contributed by atoms with E-state index in [0.29, 0.717) is 21.3 Å². The molecular weight excluding hydrogens is 515 g/mol. The Bertz CT molecular complexity index is 1350. The third-order valence-electron chi connectivity index (χ3n) is 6.37. The van der Waals surface area contributed by atoms with Gasteiger partial charge in [-0.15, -0.1) is 0 Å². The van der Waals surface area contributed by atoms with Crippen molar-refractivity contribution >= 4 is 42.4 Å². The summed E-state index contributed by atoms with van der Waals surface area (Å²) in [4.78, 5) is 18.7. The van der Waals surface area contributed by atoms with Crippen molar-refractivity contribution in [2.75, 3.05) is 18.8 Å². The molecule has 0 spiro atoms. The number of nitrogens with two attached hydrogens (primary N) is 1. The number of aromatic nitrogens is 1. The molecule has 12 heteroatoms. The molecule has 1 amide bonds. The van der Waals surface area contributed by atoms with E-state index in [1.54, 1.807) is 41.3 Å². The number of alkyl halides is 3. The number of para-hydroxylation sites is 1. The Morgan fingerprint density at radius 2 is 1.81 bits per heavy atom. The van der Waals surface area contributed by atoms with Gasteiger partial charge in [0.1, 0.15) is 5.52 Å². The van der Waals surface area contributed by atoms with Crippen LogP contribution in [0.3, 0.4) is 0 Å². The number of piperidine rings is 1. The van der Waals surface area contributed by atoms with Crippen molar-refractivity contribution in [1.29, 1.82) is 0 Å². The zero-order valence-electron chi connectivity index (χ0n) is 19.3. The van der Waals surface area contributed by atoms with Crippen molar-refractivity contribution in [1.82, 2.24) is 9.88 Å². The van der Waals surface area contributed by atoms with Crippen LogP contribution in [0.4, 0.5) is 18.3 Å². The number of benzene rings is 2. The second kappa shape index (κ2) is 9.98. The van der Waals surface area contributed by atoms with E-state index in [1.807, 2.05) is 0 Å². The Hall–Kier alpha value is -2.70. The first kappa shape index (κ1) is 26.4. The van der Waals surface area contributed by atoms with Gasteiger partial charge >= 0.3 is 6.18 Å². The van der Waals surface area contributed by atoms with Gasteiger partial charge in [-0.3, -0.25) is 4.79 Å². The molecule has 0 saturated carbocycles. The van der Waals surface area contributed by atoms with Gasteiger partial charge in [-0.05, 0) is 55.5 Å². The van der Waals surface area contributed by atoms with E-state index >= 15 is 0 Å². The highest BCUT2D eigenvalue weighted by molar-refractivity contribution is 7.90. The molecule has 36 heavy (non-hydrogen) atoms. The standard InChI is InChI=1S/C24H26F3N3O4S2/c25-24(26,27)10-2-9-23(32)11-13-30(14-12-23)21(31)17-7-5-16(6-8-17)15-36(33,34)19-4-1-3-18-20(19)29-22(28)35-18/h1,3-8,32H,2,9-15H2,(H2,28,29). The fraction of sp³-hybridized carbons (Fsp3) is 0.417. The van der Waals surface area contributed by atoms with E-state index in [1.165, 1.54) is 17.4 Å². The molecule has 4 rings (SSSR count). The maximum absolute atomic E-state index is 13.0. The van der Waals surface area contributed by atoms with Crippen LogP contribution in [0.25, 0.3) is 10.2 Å². The summed E-state index contributed by atoms with van der Waals surface area (Å²) < 4.78 is 63.9. The number of aliphatic hydroxyl groups is 1. The fourth-order valence-electron chi connectivity index (χ4n) is 4.41. The van der Waals surface area contributed by atoms with Gasteiger partial charge in [0.15, 0.2) is 15.0 Å². The number of amides is 1. The molecule has 1 aromatic heterocycles. The summed E-state index contributed by atoms with van der Waals surface area (Å²) in [6.45, 7) is 0.469. The first-order valence-electron chi connectivity index (χ1n) is 11.4. The molecule has 0 atom stereocenters. The number of hydrogen-bond donors (Lipinski definition) is 2. The number of likely N-dealkylation sites (tertiary alicyclic amines) is 1. The predicted octanol–water partition coefficient (Wildman–Crippen LogP) is 4.55. The Morgan fingerprint density at radius 1 is 1.14 bits per heavy atom. The van der Waals surface area contributed by atoms with Crippen molar-refractivity contribution < 1.29 is 31.5 Å². The van der Waals surface area contributed by atoms with Gasteiger partial charge in [0, 0.05) is 25.1 Å². The molecule has 1 aliphatic rings. The number of rotatable bonds is 7. The van der Waals surface area contributed by atoms with Crippen LogP contribution >= 0.6 is 11.3 Å². The van der Waals surface area contributed by atoms with E-state index in [4.69, 9.17) is 5.73 Å². The lowest BCUT2D eigenvalue weighted by atomic mass is 9.86. The Labute approximate surface area is 210 Å². The van der Waals surface area contributed by atoms with Crippen LogP contribution in [-0.4, -0.2) is 54.2 Å². The number of hydrogen-bond acceptors (Lipinski definition) is 7. The van der Waals surface area contributed by atoms with Crippen molar-refractivity contribution in [2.45, 2.75) is 54.5 Å². The molecular formula is C24H26F3N3O4S2. The first-order valence-corrected chi connectivity index (χ1v) is 13.9. The molecule has 194 valence electrons. The van der Waals surface area contributed by atoms with Gasteiger partial charge in [-0.2, -0.15) is 13.2 Å². The molecule has 0 unspecified atom stereocenters. The minimum absolute atomic E-state index is 0.0406. The zero-order valence-corrected chi connectivity index (χ0v) is 20.9. The number of carbonyl (C=O) groups excluding carboxylic acids is 1. The van der Waals surface area contributed by atoms with Gasteiger partial charge in [-0.25, -0.2) is 13.4 Å². The van der Waals surface area contributed by atoms with Crippen LogP contribution < -0.4 is 5.73 Å². The quantitative estimate of drug-likeness (QED) is 0.454.